The molecule has 1 aliphatic heterocycles. The number of ether oxygens (including phenoxy) is 1. The Morgan fingerprint density at radius 1 is 1.14 bits per heavy atom. The molecule has 1 aliphatic carbocycles. The monoisotopic (exact) mass is 297 g/mol. The first-order chi connectivity index (χ1) is 10.1. The minimum Gasteiger partial charge on any atom is -0.481 e. The number of carboxylic acids is 1. The molecule has 1 unspecified atom stereocenters. The third kappa shape index (κ3) is 5.30. The van der Waals surface area contributed by atoms with Crippen LogP contribution in [0, 0.1) is 5.41 Å². The summed E-state index contributed by atoms with van der Waals surface area (Å²) in [5.74, 6) is -0.791. The maximum atomic E-state index is 12.1. The van der Waals surface area contributed by atoms with Gasteiger partial charge in [-0.1, -0.05) is 19.3 Å². The number of hydrogen-bond acceptors (Lipinski definition) is 3. The van der Waals surface area contributed by atoms with Crippen LogP contribution in [0.2, 0.25) is 0 Å². The van der Waals surface area contributed by atoms with Gasteiger partial charge in [0.05, 0.1) is 12.5 Å². The fourth-order valence-corrected chi connectivity index (χ4v) is 3.69. The molecule has 0 radical (unpaired) electrons. The van der Waals surface area contributed by atoms with Crippen LogP contribution in [0.3, 0.4) is 0 Å². The molecular weight excluding hydrogens is 270 g/mol. The second-order valence-corrected chi connectivity index (χ2v) is 6.58. The van der Waals surface area contributed by atoms with Gasteiger partial charge in [-0.05, 0) is 37.5 Å². The molecule has 120 valence electrons. The first kappa shape index (κ1) is 16.3. The summed E-state index contributed by atoms with van der Waals surface area (Å²) in [4.78, 5) is 23.2. The molecule has 0 aromatic rings. The van der Waals surface area contributed by atoms with Crippen molar-refractivity contribution in [1.82, 2.24) is 5.32 Å². The third-order valence-electron chi connectivity index (χ3n) is 4.79. The number of carboxylic acid groups (broad SMARTS) is 1. The average molecular weight is 297 g/mol. The molecule has 1 heterocycles. The first-order valence-corrected chi connectivity index (χ1v) is 8.20. The normalized spacial score (nSPS) is 24.7. The van der Waals surface area contributed by atoms with Crippen LogP contribution in [-0.4, -0.2) is 36.2 Å². The zero-order chi connectivity index (χ0) is 15.1. The Morgan fingerprint density at radius 3 is 2.52 bits per heavy atom. The molecule has 21 heavy (non-hydrogen) atoms. The lowest BCUT2D eigenvalue weighted by Crippen LogP contribution is -2.36. The van der Waals surface area contributed by atoms with Gasteiger partial charge in [0.1, 0.15) is 0 Å². The van der Waals surface area contributed by atoms with E-state index >= 15 is 0 Å². The van der Waals surface area contributed by atoms with Crippen molar-refractivity contribution in [2.45, 2.75) is 70.3 Å². The van der Waals surface area contributed by atoms with E-state index in [2.05, 4.69) is 5.32 Å². The summed E-state index contributed by atoms with van der Waals surface area (Å²) in [6.45, 7) is 1.47. The highest BCUT2D eigenvalue weighted by atomic mass is 16.5. The van der Waals surface area contributed by atoms with Gasteiger partial charge in [0.2, 0.25) is 5.91 Å². The lowest BCUT2D eigenvalue weighted by Gasteiger charge is -2.35. The van der Waals surface area contributed by atoms with Crippen molar-refractivity contribution < 1.29 is 19.4 Å². The number of nitrogens with one attached hydrogen (secondary N) is 1. The van der Waals surface area contributed by atoms with Gasteiger partial charge in [0.25, 0.3) is 0 Å². The number of aliphatic carboxylic acids is 1. The van der Waals surface area contributed by atoms with E-state index in [4.69, 9.17) is 9.84 Å². The van der Waals surface area contributed by atoms with Crippen molar-refractivity contribution in [1.29, 1.82) is 0 Å². The molecule has 5 heteroatoms. The van der Waals surface area contributed by atoms with Gasteiger partial charge in [0, 0.05) is 19.6 Å². The van der Waals surface area contributed by atoms with Crippen LogP contribution in [0.1, 0.15) is 64.2 Å². The summed E-state index contributed by atoms with van der Waals surface area (Å²) in [5, 5.41) is 12.1. The lowest BCUT2D eigenvalue weighted by atomic mass is 9.69. The minimum atomic E-state index is -0.788. The Balaban J connectivity index is 1.75. The summed E-state index contributed by atoms with van der Waals surface area (Å²) in [5.41, 5.74) is -0.321. The molecule has 2 fully saturated rings. The molecular formula is C16H27NO4. The topological polar surface area (TPSA) is 75.6 Å². The molecule has 5 nitrogen and oxygen atoms in total. The summed E-state index contributed by atoms with van der Waals surface area (Å²) < 4.78 is 5.53. The molecule has 0 bridgehead atoms. The molecule has 0 spiro atoms. The summed E-state index contributed by atoms with van der Waals surface area (Å²) in [6, 6.07) is 0. The number of amides is 1. The zero-order valence-corrected chi connectivity index (χ0v) is 12.7. The molecule has 2 N–H and O–H groups in total. The van der Waals surface area contributed by atoms with Crippen LogP contribution >= 0.6 is 0 Å². The zero-order valence-electron chi connectivity index (χ0n) is 12.7. The summed E-state index contributed by atoms with van der Waals surface area (Å²) in [7, 11) is 0. The van der Waals surface area contributed by atoms with E-state index in [1.807, 2.05) is 0 Å². The number of hydrogen-bond donors (Lipinski definition) is 2. The Bertz CT molecular complexity index is 357. The van der Waals surface area contributed by atoms with Crippen LogP contribution in [0.4, 0.5) is 0 Å². The highest BCUT2D eigenvalue weighted by Crippen LogP contribution is 2.42. The highest BCUT2D eigenvalue weighted by molar-refractivity contribution is 5.78. The second kappa shape index (κ2) is 7.78. The Labute approximate surface area is 126 Å². The molecule has 2 aliphatic rings. The van der Waals surface area contributed by atoms with Gasteiger partial charge in [-0.2, -0.15) is 0 Å². The van der Waals surface area contributed by atoms with Gasteiger partial charge in [0.15, 0.2) is 0 Å². The Morgan fingerprint density at radius 2 is 1.90 bits per heavy atom. The van der Waals surface area contributed by atoms with Gasteiger partial charge in [-0.15, -0.1) is 0 Å². The van der Waals surface area contributed by atoms with E-state index in [9.17, 15) is 9.59 Å². The van der Waals surface area contributed by atoms with Crippen LogP contribution in [0.25, 0.3) is 0 Å². The summed E-state index contributed by atoms with van der Waals surface area (Å²) >= 11 is 0. The SMILES string of the molecule is O=C(O)CC1(CC(=O)NCCC2CCCO2)CCCCC1. The van der Waals surface area contributed by atoms with Crippen molar-refractivity contribution in [3.8, 4) is 0 Å². The standard InChI is InChI=1S/C16H27NO4/c18-14(17-9-6-13-5-4-10-21-13)11-16(12-15(19)20)7-2-1-3-8-16/h13H,1-12H2,(H,17,18)(H,19,20). The van der Waals surface area contributed by atoms with Gasteiger partial charge in [-0.25, -0.2) is 0 Å². The molecule has 1 saturated carbocycles. The predicted molar refractivity (Wildman–Crippen MR) is 79.0 cm³/mol. The quantitative estimate of drug-likeness (QED) is 0.757. The number of carbonyl (C=O) groups excluding carboxylic acids is 1. The largest absolute Gasteiger partial charge is 0.481 e. The van der Waals surface area contributed by atoms with Crippen LogP contribution in [-0.2, 0) is 14.3 Å². The predicted octanol–water partition coefficient (Wildman–Crippen LogP) is 2.49. The molecule has 0 aromatic carbocycles. The second-order valence-electron chi connectivity index (χ2n) is 6.58. The molecule has 1 atom stereocenters. The van der Waals surface area contributed by atoms with E-state index < -0.39 is 5.97 Å². The molecule has 1 amide bonds. The molecule has 2 rings (SSSR count). The van der Waals surface area contributed by atoms with E-state index in [1.54, 1.807) is 0 Å². The van der Waals surface area contributed by atoms with Gasteiger partial charge >= 0.3 is 5.97 Å². The van der Waals surface area contributed by atoms with Crippen molar-refractivity contribution in [3.05, 3.63) is 0 Å². The van der Waals surface area contributed by atoms with Crippen molar-refractivity contribution >= 4 is 11.9 Å². The van der Waals surface area contributed by atoms with E-state index in [-0.39, 0.29) is 23.8 Å². The lowest BCUT2D eigenvalue weighted by molar-refractivity contribution is -0.141. The number of carbonyl (C=O) groups is 2. The molecule has 1 saturated heterocycles. The van der Waals surface area contributed by atoms with Crippen LogP contribution in [0.15, 0.2) is 0 Å². The van der Waals surface area contributed by atoms with Crippen molar-refractivity contribution in [2.24, 2.45) is 5.41 Å². The number of rotatable bonds is 7. The van der Waals surface area contributed by atoms with E-state index in [1.165, 1.54) is 0 Å². The third-order valence-corrected chi connectivity index (χ3v) is 4.79. The highest BCUT2D eigenvalue weighted by Gasteiger charge is 2.36. The van der Waals surface area contributed by atoms with Crippen molar-refractivity contribution in [2.75, 3.05) is 13.2 Å². The van der Waals surface area contributed by atoms with Gasteiger partial charge < -0.3 is 15.2 Å². The average Bonchev–Trinajstić information content (AvgIpc) is 2.91. The Kier molecular flexibility index (Phi) is 6.03. The summed E-state index contributed by atoms with van der Waals surface area (Å²) in [6.07, 6.45) is 8.76. The maximum Gasteiger partial charge on any atom is 0.303 e. The van der Waals surface area contributed by atoms with Crippen molar-refractivity contribution in [3.63, 3.8) is 0 Å². The van der Waals surface area contributed by atoms with Crippen LogP contribution < -0.4 is 5.32 Å². The van der Waals surface area contributed by atoms with E-state index in [0.717, 1.165) is 58.0 Å². The fraction of sp³-hybridized carbons (Fsp3) is 0.875. The Hall–Kier alpha value is -1.10. The smallest absolute Gasteiger partial charge is 0.303 e. The van der Waals surface area contributed by atoms with Gasteiger partial charge in [-0.3, -0.25) is 9.59 Å². The maximum absolute atomic E-state index is 12.1. The van der Waals surface area contributed by atoms with Crippen LogP contribution in [0.5, 0.6) is 0 Å². The minimum absolute atomic E-state index is 0.00357. The fourth-order valence-electron chi connectivity index (χ4n) is 3.69. The van der Waals surface area contributed by atoms with E-state index in [0.29, 0.717) is 13.0 Å². The molecule has 0 aromatic heterocycles. The first-order valence-electron chi connectivity index (χ1n) is 8.20.